The third-order valence-electron chi connectivity index (χ3n) is 4.38. The minimum atomic E-state index is -4.54. The molecule has 1 amide bonds. The fourth-order valence-electron chi connectivity index (χ4n) is 3.30. The van der Waals surface area contributed by atoms with E-state index in [4.69, 9.17) is 4.74 Å². The van der Waals surface area contributed by atoms with Crippen LogP contribution in [-0.4, -0.2) is 65.8 Å². The van der Waals surface area contributed by atoms with E-state index in [1.807, 2.05) is 14.1 Å². The highest BCUT2D eigenvalue weighted by molar-refractivity contribution is 5.77. The fraction of sp³-hybridized carbons (Fsp3) is 0.733. The topological polar surface area (TPSA) is 50.6 Å². The van der Waals surface area contributed by atoms with Crippen LogP contribution in [0.25, 0.3) is 0 Å². The molecule has 1 aromatic rings. The van der Waals surface area contributed by atoms with E-state index in [2.05, 4.69) is 10.00 Å². The van der Waals surface area contributed by atoms with Gasteiger partial charge in [-0.05, 0) is 14.1 Å². The van der Waals surface area contributed by atoms with Crippen molar-refractivity contribution in [1.29, 1.82) is 0 Å². The molecule has 24 heavy (non-hydrogen) atoms. The van der Waals surface area contributed by atoms with Gasteiger partial charge < -0.3 is 14.5 Å². The standard InChI is InChI=1S/C15H21F3N4O2/c1-20(2)5-10-6-21(7-10)13(23)8-22-12-3-4-24-9-11(12)14(19-22)15(16,17)18/h10H,3-9H2,1-2H3. The van der Waals surface area contributed by atoms with E-state index < -0.39 is 11.9 Å². The Morgan fingerprint density at radius 2 is 2.08 bits per heavy atom. The molecule has 3 heterocycles. The molecule has 6 nitrogen and oxygen atoms in total. The van der Waals surface area contributed by atoms with Crippen molar-refractivity contribution in [3.63, 3.8) is 0 Å². The van der Waals surface area contributed by atoms with Gasteiger partial charge >= 0.3 is 6.18 Å². The fourth-order valence-corrected chi connectivity index (χ4v) is 3.30. The number of ether oxygens (including phenoxy) is 1. The number of fused-ring (bicyclic) bond motifs is 1. The van der Waals surface area contributed by atoms with Crippen molar-refractivity contribution >= 4 is 5.91 Å². The van der Waals surface area contributed by atoms with E-state index in [0.29, 0.717) is 37.7 Å². The first-order chi connectivity index (χ1) is 11.3. The van der Waals surface area contributed by atoms with Crippen molar-refractivity contribution in [2.75, 3.05) is 40.3 Å². The Labute approximate surface area is 138 Å². The average molecular weight is 346 g/mol. The van der Waals surface area contributed by atoms with Gasteiger partial charge in [-0.2, -0.15) is 18.3 Å². The second-order valence-electron chi connectivity index (χ2n) is 6.66. The molecular formula is C15H21F3N4O2. The predicted octanol–water partition coefficient (Wildman–Crippen LogP) is 0.995. The second kappa shape index (κ2) is 6.36. The highest BCUT2D eigenvalue weighted by Crippen LogP contribution is 2.34. The van der Waals surface area contributed by atoms with Gasteiger partial charge in [0.05, 0.1) is 13.2 Å². The van der Waals surface area contributed by atoms with Gasteiger partial charge in [-0.1, -0.05) is 0 Å². The molecule has 0 aliphatic carbocycles. The summed E-state index contributed by atoms with van der Waals surface area (Å²) in [5.41, 5.74) is -0.401. The first kappa shape index (κ1) is 17.2. The second-order valence-corrected chi connectivity index (χ2v) is 6.66. The van der Waals surface area contributed by atoms with Crippen molar-refractivity contribution < 1.29 is 22.7 Å². The van der Waals surface area contributed by atoms with Crippen LogP contribution < -0.4 is 0 Å². The zero-order valence-corrected chi connectivity index (χ0v) is 13.8. The number of carbonyl (C=O) groups is 1. The van der Waals surface area contributed by atoms with Crippen LogP contribution >= 0.6 is 0 Å². The molecule has 1 fully saturated rings. The Balaban J connectivity index is 1.70. The molecule has 3 rings (SSSR count). The van der Waals surface area contributed by atoms with Gasteiger partial charge in [0, 0.05) is 43.2 Å². The molecule has 134 valence electrons. The maximum absolute atomic E-state index is 13.1. The number of alkyl halides is 3. The lowest BCUT2D eigenvalue weighted by molar-refractivity contribution is -0.144. The van der Waals surface area contributed by atoms with E-state index in [1.165, 1.54) is 4.68 Å². The lowest BCUT2D eigenvalue weighted by Crippen LogP contribution is -2.54. The number of halogens is 3. The van der Waals surface area contributed by atoms with Gasteiger partial charge in [0.2, 0.25) is 5.91 Å². The number of likely N-dealkylation sites (tertiary alicyclic amines) is 1. The minimum Gasteiger partial charge on any atom is -0.376 e. The molecule has 0 N–H and O–H groups in total. The van der Waals surface area contributed by atoms with Crippen molar-refractivity contribution in [2.24, 2.45) is 5.92 Å². The van der Waals surface area contributed by atoms with Gasteiger partial charge in [-0.3, -0.25) is 9.48 Å². The number of hydrogen-bond acceptors (Lipinski definition) is 4. The van der Waals surface area contributed by atoms with E-state index in [9.17, 15) is 18.0 Å². The normalized spacial score (nSPS) is 18.7. The van der Waals surface area contributed by atoms with Crippen LogP contribution in [0.4, 0.5) is 13.2 Å². The molecule has 0 atom stereocenters. The monoisotopic (exact) mass is 346 g/mol. The average Bonchev–Trinajstić information content (AvgIpc) is 2.81. The van der Waals surface area contributed by atoms with Crippen LogP contribution in [0.1, 0.15) is 17.0 Å². The molecular weight excluding hydrogens is 325 g/mol. The summed E-state index contributed by atoms with van der Waals surface area (Å²) in [6.07, 6.45) is -4.19. The van der Waals surface area contributed by atoms with E-state index in [0.717, 1.165) is 6.54 Å². The predicted molar refractivity (Wildman–Crippen MR) is 79.2 cm³/mol. The van der Waals surface area contributed by atoms with Crippen molar-refractivity contribution in [3.8, 4) is 0 Å². The highest BCUT2D eigenvalue weighted by atomic mass is 19.4. The molecule has 2 aliphatic rings. The largest absolute Gasteiger partial charge is 0.435 e. The van der Waals surface area contributed by atoms with Crippen LogP contribution in [0.5, 0.6) is 0 Å². The molecule has 0 saturated carbocycles. The summed E-state index contributed by atoms with van der Waals surface area (Å²) >= 11 is 0. The summed E-state index contributed by atoms with van der Waals surface area (Å²) in [5.74, 6) is 0.241. The van der Waals surface area contributed by atoms with Crippen LogP contribution in [0.2, 0.25) is 0 Å². The van der Waals surface area contributed by atoms with Crippen LogP contribution in [0.15, 0.2) is 0 Å². The molecule has 0 unspecified atom stereocenters. The Hall–Kier alpha value is -1.61. The SMILES string of the molecule is CN(C)CC1CN(C(=O)Cn2nc(C(F)(F)F)c3c2CCOC3)C1. The molecule has 0 bridgehead atoms. The van der Waals surface area contributed by atoms with Gasteiger partial charge in [0.15, 0.2) is 5.69 Å². The first-order valence-corrected chi connectivity index (χ1v) is 7.91. The van der Waals surface area contributed by atoms with Gasteiger partial charge in [-0.25, -0.2) is 0 Å². The quantitative estimate of drug-likeness (QED) is 0.816. The zero-order chi connectivity index (χ0) is 17.5. The number of amides is 1. The maximum Gasteiger partial charge on any atom is 0.435 e. The number of hydrogen-bond donors (Lipinski definition) is 0. The van der Waals surface area contributed by atoms with E-state index >= 15 is 0 Å². The Morgan fingerprint density at radius 1 is 1.38 bits per heavy atom. The van der Waals surface area contributed by atoms with Gasteiger partial charge in [0.25, 0.3) is 0 Å². The molecule has 9 heteroatoms. The smallest absolute Gasteiger partial charge is 0.376 e. The summed E-state index contributed by atoms with van der Waals surface area (Å²) < 4.78 is 45.6. The number of carbonyl (C=O) groups excluding carboxylic acids is 1. The summed E-state index contributed by atoms with van der Waals surface area (Å²) in [7, 11) is 3.95. The Morgan fingerprint density at radius 3 is 2.71 bits per heavy atom. The van der Waals surface area contributed by atoms with Crippen LogP contribution in [0, 0.1) is 5.92 Å². The molecule has 0 radical (unpaired) electrons. The third-order valence-corrected chi connectivity index (χ3v) is 4.38. The summed E-state index contributed by atoms with van der Waals surface area (Å²) in [6, 6.07) is 0. The maximum atomic E-state index is 13.1. The Kier molecular flexibility index (Phi) is 4.56. The summed E-state index contributed by atoms with van der Waals surface area (Å²) in [6.45, 7) is 2.29. The van der Waals surface area contributed by atoms with E-state index in [-0.39, 0.29) is 24.6 Å². The van der Waals surface area contributed by atoms with Gasteiger partial charge in [0.1, 0.15) is 6.54 Å². The summed E-state index contributed by atoms with van der Waals surface area (Å²) in [5, 5.41) is 3.67. The number of aromatic nitrogens is 2. The van der Waals surface area contributed by atoms with Gasteiger partial charge in [-0.15, -0.1) is 0 Å². The molecule has 2 aliphatic heterocycles. The number of nitrogens with zero attached hydrogens (tertiary/aromatic N) is 4. The van der Waals surface area contributed by atoms with Crippen LogP contribution in [-0.2, 0) is 35.3 Å². The van der Waals surface area contributed by atoms with Crippen molar-refractivity contribution in [3.05, 3.63) is 17.0 Å². The summed E-state index contributed by atoms with van der Waals surface area (Å²) in [4.78, 5) is 16.0. The first-order valence-electron chi connectivity index (χ1n) is 7.91. The van der Waals surface area contributed by atoms with Crippen molar-refractivity contribution in [1.82, 2.24) is 19.6 Å². The van der Waals surface area contributed by atoms with E-state index in [1.54, 1.807) is 4.90 Å². The van der Waals surface area contributed by atoms with Crippen LogP contribution in [0.3, 0.4) is 0 Å². The zero-order valence-electron chi connectivity index (χ0n) is 13.8. The third kappa shape index (κ3) is 3.41. The molecule has 0 aromatic carbocycles. The minimum absolute atomic E-state index is 0.0654. The lowest BCUT2D eigenvalue weighted by atomic mass is 10.00. The highest BCUT2D eigenvalue weighted by Gasteiger charge is 2.40. The van der Waals surface area contributed by atoms with Crippen molar-refractivity contribution in [2.45, 2.75) is 25.7 Å². The molecule has 1 saturated heterocycles. The lowest BCUT2D eigenvalue weighted by Gasteiger charge is -2.40. The Bertz CT molecular complexity index is 621. The molecule has 0 spiro atoms. The molecule has 1 aromatic heterocycles. The number of rotatable bonds is 4.